The first-order chi connectivity index (χ1) is 9.23. The monoisotopic (exact) mass is 319 g/mol. The molecule has 0 spiro atoms. The number of benzene rings is 1. The van der Waals surface area contributed by atoms with E-state index < -0.39 is 0 Å². The highest BCUT2D eigenvalue weighted by Gasteiger charge is 2.43. The highest BCUT2D eigenvalue weighted by atomic mass is 79.9. The van der Waals surface area contributed by atoms with E-state index in [1.54, 1.807) is 0 Å². The van der Waals surface area contributed by atoms with Crippen molar-refractivity contribution < 1.29 is 0 Å². The van der Waals surface area contributed by atoms with Gasteiger partial charge in [-0.15, -0.1) is 0 Å². The van der Waals surface area contributed by atoms with Crippen LogP contribution in [-0.2, 0) is 18.6 Å². The van der Waals surface area contributed by atoms with Crippen LogP contribution < -0.4 is 5.32 Å². The van der Waals surface area contributed by atoms with Crippen molar-refractivity contribution in [3.05, 3.63) is 52.5 Å². The van der Waals surface area contributed by atoms with Gasteiger partial charge in [0.15, 0.2) is 0 Å². The number of hydrogen-bond acceptors (Lipinski definition) is 2. The van der Waals surface area contributed by atoms with Crippen LogP contribution in [0.25, 0.3) is 0 Å². The molecule has 100 valence electrons. The molecule has 1 aliphatic rings. The van der Waals surface area contributed by atoms with Crippen LogP contribution in [0.3, 0.4) is 0 Å². The second kappa shape index (κ2) is 5.10. The van der Waals surface area contributed by atoms with Crippen LogP contribution in [0.1, 0.15) is 31.2 Å². The fourth-order valence-corrected chi connectivity index (χ4v) is 2.77. The number of nitrogens with one attached hydrogen (secondary N) is 1. The third-order valence-corrected chi connectivity index (χ3v) is 4.40. The van der Waals surface area contributed by atoms with Gasteiger partial charge in [-0.05, 0) is 37.5 Å². The van der Waals surface area contributed by atoms with E-state index in [1.165, 1.54) is 18.4 Å². The highest BCUT2D eigenvalue weighted by Crippen LogP contribution is 2.45. The minimum atomic E-state index is 0.172. The molecule has 1 aromatic heterocycles. The lowest BCUT2D eigenvalue weighted by Crippen LogP contribution is -2.29. The SMILES string of the molecule is CCn1ccnc1CNC1(c2ccc(Br)cc2)CC1. The Morgan fingerprint density at radius 1 is 1.32 bits per heavy atom. The van der Waals surface area contributed by atoms with Crippen LogP contribution in [0.5, 0.6) is 0 Å². The first-order valence-corrected chi connectivity index (χ1v) is 7.54. The zero-order valence-electron chi connectivity index (χ0n) is 11.1. The number of imidazole rings is 1. The number of rotatable bonds is 5. The quantitative estimate of drug-likeness (QED) is 0.914. The van der Waals surface area contributed by atoms with Gasteiger partial charge in [0.2, 0.25) is 0 Å². The largest absolute Gasteiger partial charge is 0.334 e. The zero-order valence-corrected chi connectivity index (χ0v) is 12.7. The Morgan fingerprint density at radius 3 is 2.68 bits per heavy atom. The molecule has 1 aromatic carbocycles. The minimum absolute atomic E-state index is 0.172. The molecule has 0 amide bonds. The summed E-state index contributed by atoms with van der Waals surface area (Å²) >= 11 is 3.49. The van der Waals surface area contributed by atoms with Gasteiger partial charge >= 0.3 is 0 Å². The molecule has 19 heavy (non-hydrogen) atoms. The highest BCUT2D eigenvalue weighted by molar-refractivity contribution is 9.10. The molecule has 1 saturated carbocycles. The van der Waals surface area contributed by atoms with Crippen LogP contribution in [-0.4, -0.2) is 9.55 Å². The molecule has 0 saturated heterocycles. The standard InChI is InChI=1S/C15H18BrN3/c1-2-19-10-9-17-14(19)11-18-15(7-8-15)12-3-5-13(16)6-4-12/h3-6,9-10,18H,2,7-8,11H2,1H3. The van der Waals surface area contributed by atoms with Gasteiger partial charge in [0.05, 0.1) is 6.54 Å². The van der Waals surface area contributed by atoms with Crippen molar-refractivity contribution in [2.45, 2.75) is 38.4 Å². The van der Waals surface area contributed by atoms with Crippen LogP contribution in [0, 0.1) is 0 Å². The summed E-state index contributed by atoms with van der Waals surface area (Å²) < 4.78 is 3.32. The Labute approximate surface area is 122 Å². The second-order valence-corrected chi connectivity index (χ2v) is 5.99. The van der Waals surface area contributed by atoms with Crippen LogP contribution >= 0.6 is 15.9 Å². The minimum Gasteiger partial charge on any atom is -0.334 e. The average molecular weight is 320 g/mol. The molecule has 0 radical (unpaired) electrons. The van der Waals surface area contributed by atoms with E-state index in [2.05, 4.69) is 62.0 Å². The molecule has 0 unspecified atom stereocenters. The van der Waals surface area contributed by atoms with Gasteiger partial charge in [-0.3, -0.25) is 0 Å². The summed E-state index contributed by atoms with van der Waals surface area (Å²) in [7, 11) is 0. The summed E-state index contributed by atoms with van der Waals surface area (Å²) in [6, 6.07) is 8.64. The molecule has 3 rings (SSSR count). The van der Waals surface area contributed by atoms with E-state index in [4.69, 9.17) is 0 Å². The number of nitrogens with zero attached hydrogens (tertiary/aromatic N) is 2. The molecule has 1 aliphatic carbocycles. The molecule has 4 heteroatoms. The van der Waals surface area contributed by atoms with Gasteiger partial charge in [0.25, 0.3) is 0 Å². The summed E-state index contributed by atoms with van der Waals surface area (Å²) in [6.07, 6.45) is 6.33. The Balaban J connectivity index is 1.71. The van der Waals surface area contributed by atoms with Gasteiger partial charge in [-0.25, -0.2) is 4.98 Å². The van der Waals surface area contributed by atoms with Crippen molar-refractivity contribution in [3.63, 3.8) is 0 Å². The normalized spacial score (nSPS) is 16.5. The van der Waals surface area contributed by atoms with Crippen molar-refractivity contribution in [1.82, 2.24) is 14.9 Å². The Bertz CT molecular complexity index is 555. The topological polar surface area (TPSA) is 29.9 Å². The first kappa shape index (κ1) is 12.9. The Morgan fingerprint density at radius 2 is 2.05 bits per heavy atom. The van der Waals surface area contributed by atoms with E-state index in [1.807, 2.05) is 12.4 Å². The molecular formula is C15H18BrN3. The van der Waals surface area contributed by atoms with Gasteiger partial charge in [-0.2, -0.15) is 0 Å². The summed E-state index contributed by atoms with van der Waals surface area (Å²) in [5.74, 6) is 1.12. The lowest BCUT2D eigenvalue weighted by Gasteiger charge is -2.18. The average Bonchev–Trinajstić information content (AvgIpc) is 3.08. The molecule has 1 fully saturated rings. The van der Waals surface area contributed by atoms with Crippen molar-refractivity contribution >= 4 is 15.9 Å². The van der Waals surface area contributed by atoms with Gasteiger partial charge in [-0.1, -0.05) is 28.1 Å². The van der Waals surface area contributed by atoms with E-state index in [-0.39, 0.29) is 5.54 Å². The van der Waals surface area contributed by atoms with Crippen LogP contribution in [0.15, 0.2) is 41.1 Å². The van der Waals surface area contributed by atoms with Crippen molar-refractivity contribution in [2.75, 3.05) is 0 Å². The maximum atomic E-state index is 4.42. The Hall–Kier alpha value is -1.13. The Kier molecular flexibility index (Phi) is 3.46. The van der Waals surface area contributed by atoms with E-state index in [0.717, 1.165) is 23.4 Å². The van der Waals surface area contributed by atoms with Crippen molar-refractivity contribution in [3.8, 4) is 0 Å². The molecule has 0 bridgehead atoms. The summed E-state index contributed by atoms with van der Waals surface area (Å²) in [4.78, 5) is 4.42. The second-order valence-electron chi connectivity index (χ2n) is 5.07. The lowest BCUT2D eigenvalue weighted by molar-refractivity contribution is 0.495. The van der Waals surface area contributed by atoms with E-state index in [9.17, 15) is 0 Å². The third kappa shape index (κ3) is 2.60. The summed E-state index contributed by atoms with van der Waals surface area (Å²) in [5, 5.41) is 3.68. The maximum Gasteiger partial charge on any atom is 0.122 e. The lowest BCUT2D eigenvalue weighted by atomic mass is 10.1. The molecule has 0 aliphatic heterocycles. The summed E-state index contributed by atoms with van der Waals surface area (Å²) in [6.45, 7) is 3.95. The first-order valence-electron chi connectivity index (χ1n) is 6.74. The smallest absolute Gasteiger partial charge is 0.122 e. The zero-order chi connectivity index (χ0) is 13.3. The fourth-order valence-electron chi connectivity index (χ4n) is 2.50. The number of aromatic nitrogens is 2. The third-order valence-electron chi connectivity index (χ3n) is 3.87. The number of halogens is 1. The molecule has 1 N–H and O–H groups in total. The van der Waals surface area contributed by atoms with E-state index in [0.29, 0.717) is 0 Å². The maximum absolute atomic E-state index is 4.42. The molecule has 1 heterocycles. The molecule has 0 atom stereocenters. The van der Waals surface area contributed by atoms with Gasteiger partial charge in [0.1, 0.15) is 5.82 Å². The van der Waals surface area contributed by atoms with E-state index >= 15 is 0 Å². The predicted octanol–water partition coefficient (Wildman–Crippen LogP) is 3.44. The molecule has 3 nitrogen and oxygen atoms in total. The summed E-state index contributed by atoms with van der Waals surface area (Å²) in [5.41, 5.74) is 1.55. The van der Waals surface area contributed by atoms with Crippen LogP contribution in [0.4, 0.5) is 0 Å². The van der Waals surface area contributed by atoms with Crippen molar-refractivity contribution in [1.29, 1.82) is 0 Å². The van der Waals surface area contributed by atoms with Gasteiger partial charge in [0, 0.05) is 29.0 Å². The van der Waals surface area contributed by atoms with Crippen molar-refractivity contribution in [2.24, 2.45) is 0 Å². The predicted molar refractivity (Wildman–Crippen MR) is 79.8 cm³/mol. The molecular weight excluding hydrogens is 302 g/mol. The molecule has 2 aromatic rings. The van der Waals surface area contributed by atoms with Gasteiger partial charge < -0.3 is 9.88 Å². The van der Waals surface area contributed by atoms with Crippen LogP contribution in [0.2, 0.25) is 0 Å². The number of aryl methyl sites for hydroxylation is 1. The fraction of sp³-hybridized carbons (Fsp3) is 0.400. The number of hydrogen-bond donors (Lipinski definition) is 1.